The van der Waals surface area contributed by atoms with Crippen LogP contribution in [0.5, 0.6) is 0 Å². The van der Waals surface area contributed by atoms with Crippen LogP contribution < -0.4 is 10.6 Å². The van der Waals surface area contributed by atoms with E-state index in [0.717, 1.165) is 12.4 Å². The zero-order valence-corrected chi connectivity index (χ0v) is 10.0. The third-order valence-corrected chi connectivity index (χ3v) is 3.10. The van der Waals surface area contributed by atoms with Gasteiger partial charge in [-0.1, -0.05) is 19.4 Å². The Bertz CT molecular complexity index is 334. The maximum atomic E-state index is 5.77. The van der Waals surface area contributed by atoms with E-state index in [9.17, 15) is 0 Å². The summed E-state index contributed by atoms with van der Waals surface area (Å²) in [5, 5.41) is 0. The van der Waals surface area contributed by atoms with Gasteiger partial charge in [-0.25, -0.2) is 4.98 Å². The van der Waals surface area contributed by atoms with Gasteiger partial charge in [0.15, 0.2) is 0 Å². The molecular weight excluding hydrogens is 198 g/mol. The lowest BCUT2D eigenvalue weighted by molar-refractivity contribution is 0.700. The molecule has 0 spiro atoms. The van der Waals surface area contributed by atoms with Gasteiger partial charge in [0.25, 0.3) is 0 Å². The Kier molecular flexibility index (Phi) is 3.78. The monoisotopic (exact) mass is 219 g/mol. The smallest absolute Gasteiger partial charge is 0.133 e. The fourth-order valence-corrected chi connectivity index (χ4v) is 2.02. The molecule has 2 N–H and O–H groups in total. The SMILES string of the molecule is CCCCN(c1ncccc1CN)C1CC1. The molecule has 0 amide bonds. The Balaban J connectivity index is 2.16. The first-order valence-corrected chi connectivity index (χ1v) is 6.27. The molecule has 2 rings (SSSR count). The Morgan fingerprint density at radius 3 is 2.94 bits per heavy atom. The highest BCUT2D eigenvalue weighted by Gasteiger charge is 2.30. The Morgan fingerprint density at radius 1 is 1.50 bits per heavy atom. The lowest BCUT2D eigenvalue weighted by Crippen LogP contribution is -2.29. The number of nitrogens with two attached hydrogens (primary N) is 1. The van der Waals surface area contributed by atoms with Gasteiger partial charge in [-0.15, -0.1) is 0 Å². The van der Waals surface area contributed by atoms with Gasteiger partial charge in [0.05, 0.1) is 0 Å². The maximum Gasteiger partial charge on any atom is 0.133 e. The fraction of sp³-hybridized carbons (Fsp3) is 0.615. The molecular formula is C13H21N3. The van der Waals surface area contributed by atoms with E-state index >= 15 is 0 Å². The van der Waals surface area contributed by atoms with E-state index in [1.165, 1.54) is 31.2 Å². The van der Waals surface area contributed by atoms with E-state index in [1.54, 1.807) is 0 Å². The second-order valence-corrected chi connectivity index (χ2v) is 4.47. The average Bonchev–Trinajstić information content (AvgIpc) is 3.14. The Hall–Kier alpha value is -1.09. The molecule has 88 valence electrons. The quantitative estimate of drug-likeness (QED) is 0.798. The molecule has 1 aliphatic rings. The van der Waals surface area contributed by atoms with E-state index in [4.69, 9.17) is 5.73 Å². The molecule has 1 aliphatic carbocycles. The largest absolute Gasteiger partial charge is 0.353 e. The van der Waals surface area contributed by atoms with E-state index in [0.29, 0.717) is 12.6 Å². The van der Waals surface area contributed by atoms with E-state index in [-0.39, 0.29) is 0 Å². The highest BCUT2D eigenvalue weighted by atomic mass is 15.2. The second kappa shape index (κ2) is 5.30. The summed E-state index contributed by atoms with van der Waals surface area (Å²) in [5.41, 5.74) is 6.94. The molecule has 0 radical (unpaired) electrons. The van der Waals surface area contributed by atoms with Gasteiger partial charge in [0, 0.05) is 30.9 Å². The standard InChI is InChI=1S/C13H21N3/c1-2-3-9-16(12-6-7-12)13-11(10-14)5-4-8-15-13/h4-5,8,12H,2-3,6-7,9-10,14H2,1H3. The Morgan fingerprint density at radius 2 is 2.31 bits per heavy atom. The number of nitrogens with zero attached hydrogens (tertiary/aromatic N) is 2. The summed E-state index contributed by atoms with van der Waals surface area (Å²) in [6, 6.07) is 4.77. The van der Waals surface area contributed by atoms with Crippen molar-refractivity contribution in [3.63, 3.8) is 0 Å². The van der Waals surface area contributed by atoms with Crippen LogP contribution in [0.4, 0.5) is 5.82 Å². The molecule has 1 heterocycles. The summed E-state index contributed by atoms with van der Waals surface area (Å²) in [5.74, 6) is 1.11. The third kappa shape index (κ3) is 2.53. The van der Waals surface area contributed by atoms with Gasteiger partial charge in [0.1, 0.15) is 5.82 Å². The van der Waals surface area contributed by atoms with Crippen LogP contribution in [0, 0.1) is 0 Å². The van der Waals surface area contributed by atoms with Crippen molar-refractivity contribution in [2.45, 2.75) is 45.2 Å². The number of unbranched alkanes of at least 4 members (excludes halogenated alkanes) is 1. The summed E-state index contributed by atoms with van der Waals surface area (Å²) < 4.78 is 0. The first-order valence-electron chi connectivity index (χ1n) is 6.27. The van der Waals surface area contributed by atoms with Crippen molar-refractivity contribution < 1.29 is 0 Å². The van der Waals surface area contributed by atoms with Crippen LogP contribution in [0.1, 0.15) is 38.2 Å². The van der Waals surface area contributed by atoms with Crippen molar-refractivity contribution in [2.75, 3.05) is 11.4 Å². The van der Waals surface area contributed by atoms with Crippen LogP contribution in [0.25, 0.3) is 0 Å². The first kappa shape index (κ1) is 11.4. The predicted octanol–water partition coefficient (Wildman–Crippen LogP) is 2.31. The number of hydrogen-bond acceptors (Lipinski definition) is 3. The van der Waals surface area contributed by atoms with Gasteiger partial charge in [-0.05, 0) is 25.3 Å². The van der Waals surface area contributed by atoms with E-state index < -0.39 is 0 Å². The topological polar surface area (TPSA) is 42.2 Å². The number of hydrogen-bond donors (Lipinski definition) is 1. The van der Waals surface area contributed by atoms with Gasteiger partial charge in [0.2, 0.25) is 0 Å². The van der Waals surface area contributed by atoms with Crippen molar-refractivity contribution in [1.29, 1.82) is 0 Å². The summed E-state index contributed by atoms with van der Waals surface area (Å²) in [7, 11) is 0. The second-order valence-electron chi connectivity index (χ2n) is 4.47. The van der Waals surface area contributed by atoms with Crippen molar-refractivity contribution in [2.24, 2.45) is 5.73 Å². The maximum absolute atomic E-state index is 5.77. The molecule has 1 saturated carbocycles. The molecule has 16 heavy (non-hydrogen) atoms. The molecule has 1 fully saturated rings. The van der Waals surface area contributed by atoms with Crippen molar-refractivity contribution in [3.8, 4) is 0 Å². The zero-order chi connectivity index (χ0) is 11.4. The number of rotatable bonds is 6. The first-order chi connectivity index (χ1) is 7.86. The highest BCUT2D eigenvalue weighted by molar-refractivity contribution is 5.48. The van der Waals surface area contributed by atoms with E-state index in [1.807, 2.05) is 12.3 Å². The molecule has 0 unspecified atom stereocenters. The predicted molar refractivity (Wildman–Crippen MR) is 67.4 cm³/mol. The fourth-order valence-electron chi connectivity index (χ4n) is 2.02. The van der Waals surface area contributed by atoms with Crippen molar-refractivity contribution >= 4 is 5.82 Å². The summed E-state index contributed by atoms with van der Waals surface area (Å²) >= 11 is 0. The lowest BCUT2D eigenvalue weighted by atomic mass is 10.2. The summed E-state index contributed by atoms with van der Waals surface area (Å²) in [6.07, 6.45) is 6.95. The minimum Gasteiger partial charge on any atom is -0.353 e. The van der Waals surface area contributed by atoms with Crippen molar-refractivity contribution in [1.82, 2.24) is 4.98 Å². The minimum atomic E-state index is 0.582. The van der Waals surface area contributed by atoms with Crippen LogP contribution >= 0.6 is 0 Å². The normalized spacial score (nSPS) is 15.1. The van der Waals surface area contributed by atoms with Crippen LogP contribution in [-0.2, 0) is 6.54 Å². The average molecular weight is 219 g/mol. The van der Waals surface area contributed by atoms with Crippen LogP contribution in [-0.4, -0.2) is 17.6 Å². The minimum absolute atomic E-state index is 0.582. The molecule has 0 aromatic carbocycles. The summed E-state index contributed by atoms with van der Waals surface area (Å²) in [6.45, 7) is 3.93. The molecule has 0 bridgehead atoms. The Labute approximate surface area is 97.7 Å². The molecule has 0 aliphatic heterocycles. The highest BCUT2D eigenvalue weighted by Crippen LogP contribution is 2.32. The molecule has 0 atom stereocenters. The van der Waals surface area contributed by atoms with E-state index in [2.05, 4.69) is 22.9 Å². The molecule has 3 nitrogen and oxygen atoms in total. The molecule has 0 saturated heterocycles. The van der Waals surface area contributed by atoms with Crippen molar-refractivity contribution in [3.05, 3.63) is 23.9 Å². The van der Waals surface area contributed by atoms with Crippen LogP contribution in [0.15, 0.2) is 18.3 Å². The zero-order valence-electron chi connectivity index (χ0n) is 10.0. The van der Waals surface area contributed by atoms with Gasteiger partial charge >= 0.3 is 0 Å². The number of pyridine rings is 1. The summed E-state index contributed by atoms with van der Waals surface area (Å²) in [4.78, 5) is 6.96. The van der Waals surface area contributed by atoms with Gasteiger partial charge in [-0.3, -0.25) is 0 Å². The van der Waals surface area contributed by atoms with Crippen LogP contribution in [0.2, 0.25) is 0 Å². The molecule has 3 heteroatoms. The third-order valence-electron chi connectivity index (χ3n) is 3.10. The molecule has 1 aromatic rings. The van der Waals surface area contributed by atoms with Gasteiger partial charge in [-0.2, -0.15) is 0 Å². The molecule has 1 aromatic heterocycles. The van der Waals surface area contributed by atoms with Gasteiger partial charge < -0.3 is 10.6 Å². The number of anilines is 1. The lowest BCUT2D eigenvalue weighted by Gasteiger charge is -2.25. The number of aromatic nitrogens is 1. The van der Waals surface area contributed by atoms with Crippen LogP contribution in [0.3, 0.4) is 0 Å².